The molecule has 3 N–H and O–H groups in total. The van der Waals surface area contributed by atoms with Gasteiger partial charge in [-0.15, -0.1) is 0 Å². The average Bonchev–Trinajstić information content (AvgIpc) is 2.54. The summed E-state index contributed by atoms with van der Waals surface area (Å²) in [6, 6.07) is 12.3. The molecule has 1 heterocycles. The molecule has 2 aromatic rings. The highest BCUT2D eigenvalue weighted by molar-refractivity contribution is 5.42. The van der Waals surface area contributed by atoms with Crippen molar-refractivity contribution in [3.63, 3.8) is 0 Å². The summed E-state index contributed by atoms with van der Waals surface area (Å²) in [6.45, 7) is 0. The van der Waals surface area contributed by atoms with Crippen molar-refractivity contribution in [3.8, 4) is 0 Å². The summed E-state index contributed by atoms with van der Waals surface area (Å²) in [4.78, 5) is 2.97. The van der Waals surface area contributed by atoms with E-state index in [1.54, 1.807) is 0 Å². The summed E-state index contributed by atoms with van der Waals surface area (Å²) < 4.78 is 0. The van der Waals surface area contributed by atoms with E-state index < -0.39 is 0 Å². The zero-order valence-corrected chi connectivity index (χ0v) is 7.33. The molecular formula is C11H12N2. The molecule has 66 valence electrons. The van der Waals surface area contributed by atoms with E-state index in [2.05, 4.69) is 17.1 Å². The van der Waals surface area contributed by atoms with Crippen LogP contribution in [0.2, 0.25) is 0 Å². The fourth-order valence-corrected chi connectivity index (χ4v) is 1.38. The van der Waals surface area contributed by atoms with E-state index in [0.29, 0.717) is 0 Å². The Bertz CT molecular complexity index is 376. The van der Waals surface area contributed by atoms with Crippen molar-refractivity contribution in [1.29, 1.82) is 0 Å². The molecule has 0 aliphatic carbocycles. The maximum Gasteiger partial charge on any atom is 0.104 e. The largest absolute Gasteiger partial charge is 0.385 e. The summed E-state index contributed by atoms with van der Waals surface area (Å²) in [5.74, 6) is 0.767. The molecule has 0 radical (unpaired) electrons. The van der Waals surface area contributed by atoms with Gasteiger partial charge in [0.15, 0.2) is 0 Å². The molecule has 1 aromatic carbocycles. The topological polar surface area (TPSA) is 41.8 Å². The third-order valence-electron chi connectivity index (χ3n) is 2.11. The number of aromatic nitrogens is 1. The van der Waals surface area contributed by atoms with E-state index in [1.807, 2.05) is 30.5 Å². The normalized spacial score (nSPS) is 10.2. The number of nitrogens with two attached hydrogens (primary N) is 1. The van der Waals surface area contributed by atoms with Crippen LogP contribution in [0.5, 0.6) is 0 Å². The predicted molar refractivity (Wildman–Crippen MR) is 54.5 cm³/mol. The summed E-state index contributed by atoms with van der Waals surface area (Å²) in [7, 11) is 0. The van der Waals surface area contributed by atoms with Gasteiger partial charge in [0.2, 0.25) is 0 Å². The fourth-order valence-electron chi connectivity index (χ4n) is 1.38. The van der Waals surface area contributed by atoms with Crippen molar-refractivity contribution in [3.05, 3.63) is 53.7 Å². The second kappa shape index (κ2) is 3.35. The monoisotopic (exact) mass is 172 g/mol. The predicted octanol–water partition coefficient (Wildman–Crippen LogP) is 2.19. The van der Waals surface area contributed by atoms with Crippen molar-refractivity contribution in [2.24, 2.45) is 0 Å². The Hall–Kier alpha value is -1.70. The smallest absolute Gasteiger partial charge is 0.104 e. The van der Waals surface area contributed by atoms with Gasteiger partial charge < -0.3 is 10.7 Å². The van der Waals surface area contributed by atoms with Crippen LogP contribution in [0.1, 0.15) is 11.1 Å². The van der Waals surface area contributed by atoms with E-state index >= 15 is 0 Å². The van der Waals surface area contributed by atoms with E-state index in [4.69, 9.17) is 5.73 Å². The maximum absolute atomic E-state index is 5.73. The second-order valence-electron chi connectivity index (χ2n) is 3.08. The molecule has 0 atom stereocenters. The lowest BCUT2D eigenvalue weighted by Crippen LogP contribution is -1.92. The number of hydrogen-bond acceptors (Lipinski definition) is 1. The minimum Gasteiger partial charge on any atom is -0.385 e. The molecule has 0 saturated carbocycles. The molecule has 0 unspecified atom stereocenters. The number of nitrogen functional groups attached to an aromatic ring is 1. The zero-order valence-electron chi connectivity index (χ0n) is 7.33. The van der Waals surface area contributed by atoms with E-state index in [1.165, 1.54) is 5.56 Å². The summed E-state index contributed by atoms with van der Waals surface area (Å²) >= 11 is 0. The second-order valence-corrected chi connectivity index (χ2v) is 3.08. The first kappa shape index (κ1) is 7.92. The van der Waals surface area contributed by atoms with Gasteiger partial charge in [0.1, 0.15) is 5.82 Å². The Morgan fingerprint density at radius 2 is 1.85 bits per heavy atom. The molecule has 0 aliphatic heterocycles. The Labute approximate surface area is 77.4 Å². The SMILES string of the molecule is Nc1[nH]ccc1Cc1ccccc1. The maximum atomic E-state index is 5.73. The fraction of sp³-hybridized carbons (Fsp3) is 0.0909. The highest BCUT2D eigenvalue weighted by Gasteiger charge is 1.99. The van der Waals surface area contributed by atoms with E-state index in [9.17, 15) is 0 Å². The van der Waals surface area contributed by atoms with E-state index in [-0.39, 0.29) is 0 Å². The molecule has 0 fully saturated rings. The van der Waals surface area contributed by atoms with E-state index in [0.717, 1.165) is 17.8 Å². The number of rotatable bonds is 2. The molecule has 2 nitrogen and oxygen atoms in total. The van der Waals surface area contributed by atoms with Crippen molar-refractivity contribution in [1.82, 2.24) is 4.98 Å². The molecule has 13 heavy (non-hydrogen) atoms. The van der Waals surface area contributed by atoms with Gasteiger partial charge in [-0.3, -0.25) is 0 Å². The first-order chi connectivity index (χ1) is 6.36. The van der Waals surface area contributed by atoms with Gasteiger partial charge >= 0.3 is 0 Å². The van der Waals surface area contributed by atoms with Crippen LogP contribution in [0.15, 0.2) is 42.6 Å². The van der Waals surface area contributed by atoms with Crippen LogP contribution >= 0.6 is 0 Å². The number of hydrogen-bond donors (Lipinski definition) is 2. The number of H-pyrrole nitrogens is 1. The third-order valence-corrected chi connectivity index (χ3v) is 2.11. The number of anilines is 1. The van der Waals surface area contributed by atoms with Gasteiger partial charge in [-0.1, -0.05) is 30.3 Å². The summed E-state index contributed by atoms with van der Waals surface area (Å²) in [6.07, 6.45) is 2.77. The highest BCUT2D eigenvalue weighted by atomic mass is 14.8. The number of nitrogens with one attached hydrogen (secondary N) is 1. The van der Waals surface area contributed by atoms with Gasteiger partial charge in [-0.05, 0) is 17.2 Å². The molecule has 0 spiro atoms. The van der Waals surface area contributed by atoms with Crippen LogP contribution in [0.25, 0.3) is 0 Å². The van der Waals surface area contributed by atoms with Crippen LogP contribution in [0, 0.1) is 0 Å². The van der Waals surface area contributed by atoms with Gasteiger partial charge in [-0.25, -0.2) is 0 Å². The van der Waals surface area contributed by atoms with Crippen LogP contribution in [-0.2, 0) is 6.42 Å². The lowest BCUT2D eigenvalue weighted by molar-refractivity contribution is 1.20. The average molecular weight is 172 g/mol. The lowest BCUT2D eigenvalue weighted by Gasteiger charge is -1.99. The van der Waals surface area contributed by atoms with Gasteiger partial charge in [-0.2, -0.15) is 0 Å². The summed E-state index contributed by atoms with van der Waals surface area (Å²) in [5, 5.41) is 0. The van der Waals surface area contributed by atoms with Crippen molar-refractivity contribution >= 4 is 5.82 Å². The summed E-state index contributed by atoms with van der Waals surface area (Å²) in [5.41, 5.74) is 8.18. The molecule has 2 rings (SSSR count). The minimum atomic E-state index is 0.767. The van der Waals surface area contributed by atoms with Crippen LogP contribution in [0.4, 0.5) is 5.82 Å². The standard InChI is InChI=1S/C11H12N2/c12-11-10(6-7-13-11)8-9-4-2-1-3-5-9/h1-7,13H,8,12H2. The van der Waals surface area contributed by atoms with Crippen LogP contribution < -0.4 is 5.73 Å². The minimum absolute atomic E-state index is 0.767. The van der Waals surface area contributed by atoms with Crippen molar-refractivity contribution < 1.29 is 0 Å². The Morgan fingerprint density at radius 3 is 2.46 bits per heavy atom. The Balaban J connectivity index is 2.20. The first-order valence-corrected chi connectivity index (χ1v) is 4.32. The molecule has 0 aliphatic rings. The third kappa shape index (κ3) is 1.72. The molecule has 0 bridgehead atoms. The molecular weight excluding hydrogens is 160 g/mol. The molecule has 2 heteroatoms. The molecule has 0 saturated heterocycles. The molecule has 1 aromatic heterocycles. The van der Waals surface area contributed by atoms with Gasteiger partial charge in [0.25, 0.3) is 0 Å². The van der Waals surface area contributed by atoms with Crippen molar-refractivity contribution in [2.45, 2.75) is 6.42 Å². The Kier molecular flexibility index (Phi) is 2.04. The lowest BCUT2D eigenvalue weighted by atomic mass is 10.1. The molecule has 0 amide bonds. The quantitative estimate of drug-likeness (QED) is 0.716. The highest BCUT2D eigenvalue weighted by Crippen LogP contribution is 2.13. The number of aromatic amines is 1. The number of benzene rings is 1. The van der Waals surface area contributed by atoms with Crippen LogP contribution in [-0.4, -0.2) is 4.98 Å². The van der Waals surface area contributed by atoms with Crippen LogP contribution in [0.3, 0.4) is 0 Å². The zero-order chi connectivity index (χ0) is 9.10. The Morgan fingerprint density at radius 1 is 1.08 bits per heavy atom. The van der Waals surface area contributed by atoms with Crippen molar-refractivity contribution in [2.75, 3.05) is 5.73 Å². The first-order valence-electron chi connectivity index (χ1n) is 4.32. The van der Waals surface area contributed by atoms with Gasteiger partial charge in [0, 0.05) is 12.6 Å². The van der Waals surface area contributed by atoms with Gasteiger partial charge in [0.05, 0.1) is 0 Å².